The number of Topliss-reactive ketones (excluding diaryl/α,β-unsaturated/α-hetero) is 4. The third kappa shape index (κ3) is 3.68. The van der Waals surface area contributed by atoms with Crippen LogP contribution in [0.1, 0.15) is 67.3 Å². The van der Waals surface area contributed by atoms with Gasteiger partial charge in [-0.3, -0.25) is 33.7 Å². The van der Waals surface area contributed by atoms with Crippen molar-refractivity contribution in [3.8, 4) is 5.75 Å². The Morgan fingerprint density at radius 1 is 0.977 bits per heavy atom. The number of likely N-dealkylation sites (N-methyl/N-ethyl adjacent to an activating group) is 1. The summed E-state index contributed by atoms with van der Waals surface area (Å²) in [7, 11) is 3.02. The number of aromatic hydroxyl groups is 1. The van der Waals surface area contributed by atoms with Gasteiger partial charge in [0.05, 0.1) is 28.9 Å². The lowest BCUT2D eigenvalue weighted by Gasteiger charge is -2.58. The number of fused-ring (bicyclic) bond motifs is 3. The third-order valence-corrected chi connectivity index (χ3v) is 12.0. The molecule has 8 atom stereocenters. The minimum Gasteiger partial charge on any atom is -0.507 e. The van der Waals surface area contributed by atoms with Crippen LogP contribution in [-0.4, -0.2) is 82.0 Å². The summed E-state index contributed by atoms with van der Waals surface area (Å²) in [5.41, 5.74) is 2.04. The summed E-state index contributed by atoms with van der Waals surface area (Å²) < 4.78 is 6.45. The number of benzene rings is 1. The van der Waals surface area contributed by atoms with Gasteiger partial charge in [0.25, 0.3) is 0 Å². The minimum atomic E-state index is -3.02. The van der Waals surface area contributed by atoms with Crippen LogP contribution in [0.4, 0.5) is 0 Å². The molecular formula is C33H38N2O9. The van der Waals surface area contributed by atoms with E-state index in [4.69, 9.17) is 10.5 Å². The van der Waals surface area contributed by atoms with E-state index in [0.29, 0.717) is 42.6 Å². The topological polar surface area (TPSA) is 181 Å². The molecule has 0 aliphatic heterocycles. The van der Waals surface area contributed by atoms with Crippen LogP contribution in [0.15, 0.2) is 18.2 Å². The summed E-state index contributed by atoms with van der Waals surface area (Å²) in [6.45, 7) is 1.74. The molecule has 0 spiro atoms. The molecule has 7 aliphatic carbocycles. The second kappa shape index (κ2) is 9.53. The Morgan fingerprint density at radius 3 is 2.11 bits per heavy atom. The van der Waals surface area contributed by atoms with E-state index in [0.717, 1.165) is 19.3 Å². The first-order valence-electron chi connectivity index (χ1n) is 15.6. The Hall–Kier alpha value is -3.44. The fourth-order valence-electron chi connectivity index (χ4n) is 10.7. The molecule has 2 unspecified atom stereocenters. The number of primary amides is 1. The van der Waals surface area contributed by atoms with Crippen molar-refractivity contribution in [2.75, 3.05) is 14.1 Å². The van der Waals surface area contributed by atoms with E-state index >= 15 is 0 Å². The molecule has 1 aromatic rings. The zero-order valence-electron chi connectivity index (χ0n) is 25.0. The van der Waals surface area contributed by atoms with Crippen LogP contribution in [-0.2, 0) is 28.7 Å². The number of rotatable bonds is 4. The van der Waals surface area contributed by atoms with E-state index in [9.17, 15) is 39.0 Å². The second-order valence-corrected chi connectivity index (χ2v) is 14.7. The highest BCUT2D eigenvalue weighted by atomic mass is 16.5. The lowest BCUT2D eigenvalue weighted by Crippen LogP contribution is -2.78. The van der Waals surface area contributed by atoms with Crippen molar-refractivity contribution in [3.63, 3.8) is 0 Å². The van der Waals surface area contributed by atoms with Gasteiger partial charge in [-0.15, -0.1) is 0 Å². The summed E-state index contributed by atoms with van der Waals surface area (Å²) in [6, 6.07) is 3.14. The maximum atomic E-state index is 14.4. The quantitative estimate of drug-likeness (QED) is 0.332. The Labute approximate surface area is 254 Å². The molecule has 6 fully saturated rings. The van der Waals surface area contributed by atoms with E-state index in [1.807, 2.05) is 0 Å². The molecule has 234 valence electrons. The average molecular weight is 607 g/mol. The molecule has 7 aliphatic rings. The number of carbonyl (C=O) groups is 6. The molecule has 0 radical (unpaired) electrons. The Kier molecular flexibility index (Phi) is 6.34. The number of aliphatic hydroxyl groups is 1. The van der Waals surface area contributed by atoms with Crippen molar-refractivity contribution in [3.05, 3.63) is 29.3 Å². The molecule has 11 heteroatoms. The van der Waals surface area contributed by atoms with E-state index in [1.165, 1.54) is 25.1 Å². The lowest BCUT2D eigenvalue weighted by atomic mass is 9.48. The summed E-state index contributed by atoms with van der Waals surface area (Å²) in [5.74, 6) is -12.3. The number of phenols is 1. The van der Waals surface area contributed by atoms with Crippen molar-refractivity contribution in [1.29, 1.82) is 0 Å². The predicted octanol–water partition coefficient (Wildman–Crippen LogP) is 1.17. The minimum absolute atomic E-state index is 0.0993. The van der Waals surface area contributed by atoms with Crippen molar-refractivity contribution < 1.29 is 43.7 Å². The number of hydrogen-bond acceptors (Lipinski definition) is 10. The van der Waals surface area contributed by atoms with Crippen molar-refractivity contribution in [2.24, 2.45) is 52.6 Å². The van der Waals surface area contributed by atoms with Gasteiger partial charge in [0.15, 0.2) is 34.7 Å². The molecule has 44 heavy (non-hydrogen) atoms. The van der Waals surface area contributed by atoms with Crippen LogP contribution in [0.5, 0.6) is 5.75 Å². The Bertz CT molecular complexity index is 1500. The molecule has 1 aromatic carbocycles. The Balaban J connectivity index is 1.41. The highest BCUT2D eigenvalue weighted by Gasteiger charge is 2.74. The lowest BCUT2D eigenvalue weighted by molar-refractivity contribution is -0.214. The molecule has 11 nitrogen and oxygen atoms in total. The van der Waals surface area contributed by atoms with Crippen LogP contribution in [0, 0.1) is 46.8 Å². The van der Waals surface area contributed by atoms with Crippen LogP contribution >= 0.6 is 0 Å². The smallest absolute Gasteiger partial charge is 0.312 e. The number of ether oxygens (including phenoxy) is 1. The summed E-state index contributed by atoms with van der Waals surface area (Å²) in [6.07, 6.45) is 3.80. The molecule has 0 heterocycles. The maximum Gasteiger partial charge on any atom is 0.312 e. The molecule has 8 rings (SSSR count). The van der Waals surface area contributed by atoms with E-state index in [-0.39, 0.29) is 11.3 Å². The van der Waals surface area contributed by atoms with E-state index in [1.54, 1.807) is 19.1 Å². The zero-order chi connectivity index (χ0) is 31.6. The van der Waals surface area contributed by atoms with Crippen LogP contribution in [0.3, 0.4) is 0 Å². The normalized spacial score (nSPS) is 43.8. The van der Waals surface area contributed by atoms with E-state index < -0.39 is 87.8 Å². The number of amides is 1. The summed E-state index contributed by atoms with van der Waals surface area (Å²) in [4.78, 5) is 84.5. The summed E-state index contributed by atoms with van der Waals surface area (Å²) >= 11 is 0. The predicted molar refractivity (Wildman–Crippen MR) is 152 cm³/mol. The largest absolute Gasteiger partial charge is 0.507 e. The number of esters is 1. The number of nitrogens with two attached hydrogens (primary N) is 1. The van der Waals surface area contributed by atoms with Gasteiger partial charge >= 0.3 is 5.97 Å². The number of phenolic OH excluding ortho intramolecular Hbond substituents is 1. The SMILES string of the molecule is C[C@@H]1c2cccc(O)c2C(=O)C2C(=O)[C@@]3(O)C(=O)C(C(N)=O)C(=O)[C@H](N(C)C)[C@H]3[C@H](OC(=O)C34CC5CC(CC(C5)C3)C4)[C@H]21. The fourth-order valence-corrected chi connectivity index (χ4v) is 10.7. The van der Waals surface area contributed by atoms with Crippen molar-refractivity contribution in [1.82, 2.24) is 4.90 Å². The van der Waals surface area contributed by atoms with Gasteiger partial charge in [-0.25, -0.2) is 0 Å². The molecule has 1 amide bonds. The molecule has 4 N–H and O–H groups in total. The number of ketones is 4. The first-order valence-corrected chi connectivity index (χ1v) is 15.6. The van der Waals surface area contributed by atoms with Gasteiger partial charge in [0.1, 0.15) is 11.9 Å². The third-order valence-electron chi connectivity index (χ3n) is 12.0. The Morgan fingerprint density at radius 2 is 1.57 bits per heavy atom. The zero-order valence-corrected chi connectivity index (χ0v) is 25.0. The van der Waals surface area contributed by atoms with Gasteiger partial charge in [0.2, 0.25) is 5.91 Å². The monoisotopic (exact) mass is 606 g/mol. The van der Waals surface area contributed by atoms with E-state index in [2.05, 4.69) is 0 Å². The molecule has 0 aromatic heterocycles. The van der Waals surface area contributed by atoms with Crippen LogP contribution in [0.2, 0.25) is 0 Å². The van der Waals surface area contributed by atoms with Gasteiger partial charge in [0, 0.05) is 5.92 Å². The first-order chi connectivity index (χ1) is 20.7. The maximum absolute atomic E-state index is 14.4. The fraction of sp³-hybridized carbons (Fsp3) is 0.636. The molecular weight excluding hydrogens is 568 g/mol. The first kappa shape index (κ1) is 29.3. The molecule has 0 saturated heterocycles. The number of hydrogen-bond donors (Lipinski definition) is 3. The second-order valence-electron chi connectivity index (χ2n) is 14.7. The number of nitrogens with zero attached hydrogens (tertiary/aromatic N) is 1. The van der Waals surface area contributed by atoms with Crippen LogP contribution in [0.25, 0.3) is 0 Å². The van der Waals surface area contributed by atoms with Crippen molar-refractivity contribution >= 4 is 35.0 Å². The standard InChI is InChI=1S/C33H38N2O9/c1-13-17-5-4-6-18(36)20(17)25(37)21-19(13)27(44-31(42)32-10-14-7-15(11-32)9-16(8-14)12-32)23-24(35(2)3)26(38)22(30(34)41)29(40)33(23,43)28(21)39/h4-6,13-16,19,21-24,27,36,43H,7-12H2,1-3H3,(H2,34,41)/t13-,14?,15?,16?,19+,21?,22?,23+,24-,27-,32?,33-/m1/s1. The average Bonchev–Trinajstić information content (AvgIpc) is 2.93. The number of carbonyl (C=O) groups excluding carboxylic acids is 6. The van der Waals surface area contributed by atoms with Gasteiger partial charge in [-0.2, -0.15) is 0 Å². The van der Waals surface area contributed by atoms with Crippen LogP contribution < -0.4 is 5.73 Å². The van der Waals surface area contributed by atoms with Gasteiger partial charge < -0.3 is 20.7 Å². The van der Waals surface area contributed by atoms with Gasteiger partial charge in [-0.05, 0) is 87.9 Å². The highest BCUT2D eigenvalue weighted by molar-refractivity contribution is 6.32. The summed E-state index contributed by atoms with van der Waals surface area (Å²) in [5, 5.41) is 23.0. The molecule has 4 bridgehead atoms. The highest BCUT2D eigenvalue weighted by Crippen LogP contribution is 2.62. The molecule has 6 saturated carbocycles. The van der Waals surface area contributed by atoms with Gasteiger partial charge in [-0.1, -0.05) is 19.1 Å². The van der Waals surface area contributed by atoms with Crippen molar-refractivity contribution in [2.45, 2.75) is 69.1 Å².